The average molecular weight is 329 g/mol. The molecule has 0 fully saturated rings. The number of nitrogens with one attached hydrogen (secondary N) is 1. The van der Waals surface area contributed by atoms with Gasteiger partial charge in [0.05, 0.1) is 7.11 Å². The smallest absolute Gasteiger partial charge is 0.349 e. The molecule has 0 atom stereocenters. The van der Waals surface area contributed by atoms with Gasteiger partial charge in [0.15, 0.2) is 0 Å². The fourth-order valence-corrected chi connectivity index (χ4v) is 4.20. The van der Waals surface area contributed by atoms with E-state index in [0.29, 0.717) is 11.5 Å². The topological polar surface area (TPSA) is 85.6 Å². The van der Waals surface area contributed by atoms with Gasteiger partial charge in [0.25, 0.3) is 0 Å². The molecule has 2 aromatic heterocycles. The van der Waals surface area contributed by atoms with Gasteiger partial charge in [-0.15, -0.1) is 11.3 Å². The monoisotopic (exact) mass is 329 g/mol. The highest BCUT2D eigenvalue weighted by Crippen LogP contribution is 2.23. The van der Waals surface area contributed by atoms with E-state index in [9.17, 15) is 13.2 Å². The fraction of sp³-hybridized carbons (Fsp3) is 0.308. The molecule has 0 saturated carbocycles. The molecule has 0 aliphatic heterocycles. The predicted octanol–water partition coefficient (Wildman–Crippen LogP) is 2.22. The molecule has 2 heterocycles. The Balaban J connectivity index is 2.21. The number of rotatable bonds is 5. The normalized spacial score (nSPS) is 11.6. The summed E-state index contributed by atoms with van der Waals surface area (Å²) in [5.41, 5.74) is 0.755. The van der Waals surface area contributed by atoms with E-state index in [0.717, 1.165) is 16.9 Å². The number of ether oxygens (including phenoxy) is 1. The Labute approximate surface area is 126 Å². The van der Waals surface area contributed by atoms with Gasteiger partial charge >= 0.3 is 5.97 Å². The summed E-state index contributed by atoms with van der Waals surface area (Å²) >= 11 is 1.03. The molecule has 1 N–H and O–H groups in total. The maximum atomic E-state index is 12.3. The first-order valence-electron chi connectivity index (χ1n) is 6.06. The summed E-state index contributed by atoms with van der Waals surface area (Å²) in [7, 11) is -2.58. The van der Waals surface area contributed by atoms with Crippen LogP contribution in [0, 0.1) is 13.8 Å². The summed E-state index contributed by atoms with van der Waals surface area (Å²) in [6.45, 7) is 3.66. The SMILES string of the molecule is COC(=O)c1sccc1S(=O)(=O)NCc1cc(C)oc1C. The number of hydrogen-bond acceptors (Lipinski definition) is 6. The van der Waals surface area contributed by atoms with Gasteiger partial charge in [-0.05, 0) is 31.4 Å². The summed E-state index contributed by atoms with van der Waals surface area (Å²) in [5, 5.41) is 1.54. The van der Waals surface area contributed by atoms with Crippen molar-refractivity contribution in [2.75, 3.05) is 7.11 Å². The molecule has 0 unspecified atom stereocenters. The van der Waals surface area contributed by atoms with Crippen molar-refractivity contribution in [2.45, 2.75) is 25.3 Å². The third kappa shape index (κ3) is 3.34. The summed E-state index contributed by atoms with van der Waals surface area (Å²) in [6.07, 6.45) is 0. The third-order valence-electron chi connectivity index (χ3n) is 2.89. The van der Waals surface area contributed by atoms with E-state index in [2.05, 4.69) is 9.46 Å². The predicted molar refractivity (Wildman–Crippen MR) is 77.9 cm³/mol. The van der Waals surface area contributed by atoms with Gasteiger partial charge in [0.1, 0.15) is 21.3 Å². The minimum Gasteiger partial charge on any atom is -0.466 e. The summed E-state index contributed by atoms with van der Waals surface area (Å²) in [4.78, 5) is 11.5. The Morgan fingerprint density at radius 3 is 2.71 bits per heavy atom. The highest BCUT2D eigenvalue weighted by atomic mass is 32.2. The first-order valence-corrected chi connectivity index (χ1v) is 8.43. The largest absolute Gasteiger partial charge is 0.466 e. The van der Waals surface area contributed by atoms with Crippen molar-refractivity contribution in [1.82, 2.24) is 4.72 Å². The number of aryl methyl sites for hydroxylation is 2. The Kier molecular flexibility index (Phi) is 4.50. The second-order valence-electron chi connectivity index (χ2n) is 4.37. The van der Waals surface area contributed by atoms with E-state index in [1.807, 2.05) is 0 Å². The molecule has 2 rings (SSSR count). The highest BCUT2D eigenvalue weighted by Gasteiger charge is 2.24. The number of methoxy groups -OCH3 is 1. The zero-order chi connectivity index (χ0) is 15.6. The molecule has 0 aliphatic carbocycles. The molecule has 8 heteroatoms. The molecule has 114 valence electrons. The number of carbonyl (C=O) groups is 1. The average Bonchev–Trinajstić information content (AvgIpc) is 3.02. The molecular weight excluding hydrogens is 314 g/mol. The van der Waals surface area contributed by atoms with Crippen molar-refractivity contribution < 1.29 is 22.4 Å². The summed E-state index contributed by atoms with van der Waals surface area (Å²) in [5.74, 6) is 0.710. The molecule has 0 spiro atoms. The van der Waals surface area contributed by atoms with E-state index < -0.39 is 16.0 Å². The van der Waals surface area contributed by atoms with E-state index in [-0.39, 0.29) is 16.3 Å². The molecule has 0 radical (unpaired) electrons. The van der Waals surface area contributed by atoms with E-state index in [1.54, 1.807) is 19.9 Å². The van der Waals surface area contributed by atoms with Crippen molar-refractivity contribution in [2.24, 2.45) is 0 Å². The minimum atomic E-state index is -3.79. The summed E-state index contributed by atoms with van der Waals surface area (Å²) in [6, 6.07) is 3.15. The number of hydrogen-bond donors (Lipinski definition) is 1. The van der Waals surface area contributed by atoms with Crippen LogP contribution in [0.1, 0.15) is 26.8 Å². The molecule has 0 aromatic carbocycles. The van der Waals surface area contributed by atoms with Gasteiger partial charge < -0.3 is 9.15 Å². The van der Waals surface area contributed by atoms with Crippen LogP contribution in [0.25, 0.3) is 0 Å². The molecule has 0 bridgehead atoms. The summed E-state index contributed by atoms with van der Waals surface area (Å²) < 4.78 is 37.0. The Morgan fingerprint density at radius 2 is 2.14 bits per heavy atom. The standard InChI is InChI=1S/C13H15NO5S2/c1-8-6-10(9(2)19-8)7-14-21(16,17)11-4-5-20-12(11)13(15)18-3/h4-6,14H,7H2,1-3H3. The molecule has 21 heavy (non-hydrogen) atoms. The first-order chi connectivity index (χ1) is 9.85. The van der Waals surface area contributed by atoms with Gasteiger partial charge in [-0.2, -0.15) is 0 Å². The lowest BCUT2D eigenvalue weighted by molar-refractivity contribution is 0.0602. The van der Waals surface area contributed by atoms with Gasteiger partial charge in [-0.3, -0.25) is 0 Å². The van der Waals surface area contributed by atoms with Crippen LogP contribution in [0.4, 0.5) is 0 Å². The molecule has 6 nitrogen and oxygen atoms in total. The third-order valence-corrected chi connectivity index (χ3v) is 5.35. The first kappa shape index (κ1) is 15.7. The molecular formula is C13H15NO5S2. The molecule has 0 amide bonds. The van der Waals surface area contributed by atoms with Crippen molar-refractivity contribution in [3.63, 3.8) is 0 Å². The second-order valence-corrected chi connectivity index (χ2v) is 7.02. The number of sulfonamides is 1. The van der Waals surface area contributed by atoms with Crippen LogP contribution in [0.2, 0.25) is 0 Å². The van der Waals surface area contributed by atoms with Crippen LogP contribution in [-0.2, 0) is 21.3 Å². The number of esters is 1. The number of furan rings is 1. The zero-order valence-electron chi connectivity index (χ0n) is 11.8. The molecule has 0 aliphatic rings. The Bertz CT molecular complexity index is 757. The van der Waals surface area contributed by atoms with Gasteiger partial charge in [0.2, 0.25) is 10.0 Å². The van der Waals surface area contributed by atoms with Crippen LogP contribution < -0.4 is 4.72 Å². The van der Waals surface area contributed by atoms with Gasteiger partial charge in [-0.25, -0.2) is 17.9 Å². The number of carbonyl (C=O) groups excluding carboxylic acids is 1. The van der Waals surface area contributed by atoms with E-state index in [1.165, 1.54) is 18.6 Å². The molecule has 2 aromatic rings. The van der Waals surface area contributed by atoms with Crippen molar-refractivity contribution in [3.05, 3.63) is 39.5 Å². The minimum absolute atomic E-state index is 0.0603. The van der Waals surface area contributed by atoms with Crippen LogP contribution in [-0.4, -0.2) is 21.5 Å². The van der Waals surface area contributed by atoms with Gasteiger partial charge in [-0.1, -0.05) is 0 Å². The van der Waals surface area contributed by atoms with E-state index in [4.69, 9.17) is 4.42 Å². The van der Waals surface area contributed by atoms with Crippen LogP contribution >= 0.6 is 11.3 Å². The zero-order valence-corrected chi connectivity index (χ0v) is 13.4. The van der Waals surface area contributed by atoms with Crippen molar-refractivity contribution in [3.8, 4) is 0 Å². The Morgan fingerprint density at radius 1 is 1.43 bits per heavy atom. The van der Waals surface area contributed by atoms with Crippen LogP contribution in [0.5, 0.6) is 0 Å². The van der Waals surface area contributed by atoms with Crippen LogP contribution in [0.3, 0.4) is 0 Å². The van der Waals surface area contributed by atoms with Gasteiger partial charge in [0, 0.05) is 12.1 Å². The lowest BCUT2D eigenvalue weighted by Gasteiger charge is -2.06. The maximum absolute atomic E-state index is 12.3. The lowest BCUT2D eigenvalue weighted by atomic mass is 10.2. The van der Waals surface area contributed by atoms with E-state index >= 15 is 0 Å². The van der Waals surface area contributed by atoms with Crippen LogP contribution in [0.15, 0.2) is 26.8 Å². The second kappa shape index (κ2) is 6.00. The maximum Gasteiger partial charge on any atom is 0.349 e. The van der Waals surface area contributed by atoms with Crippen molar-refractivity contribution >= 4 is 27.3 Å². The quantitative estimate of drug-likeness (QED) is 0.850. The van der Waals surface area contributed by atoms with Crippen molar-refractivity contribution in [1.29, 1.82) is 0 Å². The lowest BCUT2D eigenvalue weighted by Crippen LogP contribution is -2.24. The highest BCUT2D eigenvalue weighted by molar-refractivity contribution is 7.89. The molecule has 0 saturated heterocycles. The Hall–Kier alpha value is -1.64. The fourth-order valence-electron chi connectivity index (χ4n) is 1.86. The number of thiophene rings is 1.